The van der Waals surface area contributed by atoms with E-state index in [2.05, 4.69) is 20.3 Å². The van der Waals surface area contributed by atoms with Gasteiger partial charge in [0.25, 0.3) is 0 Å². The number of ether oxygens (including phenoxy) is 1. The molecular weight excluding hydrogens is 316 g/mol. The first-order valence-electron chi connectivity index (χ1n) is 8.06. The predicted molar refractivity (Wildman–Crippen MR) is 96.5 cm³/mol. The first-order chi connectivity index (χ1) is 12.1. The number of nitrogens with one attached hydrogen (secondary N) is 1. The van der Waals surface area contributed by atoms with Crippen molar-refractivity contribution < 1.29 is 9.84 Å². The number of phenols is 1. The van der Waals surface area contributed by atoms with Gasteiger partial charge in [0.15, 0.2) is 11.5 Å². The van der Waals surface area contributed by atoms with Gasteiger partial charge >= 0.3 is 0 Å². The Labute approximate surface area is 146 Å². The van der Waals surface area contributed by atoms with E-state index in [-0.39, 0.29) is 11.9 Å². The Kier molecular flexibility index (Phi) is 5.09. The van der Waals surface area contributed by atoms with E-state index in [9.17, 15) is 5.11 Å². The molecule has 2 aromatic heterocycles. The fourth-order valence-corrected chi connectivity index (χ4v) is 2.31. The molecule has 0 bridgehead atoms. The van der Waals surface area contributed by atoms with Crippen LogP contribution in [0.5, 0.6) is 11.5 Å². The number of phenolic OH excluding ortho intramolecular Hbond substituents is 1. The molecule has 0 aliphatic heterocycles. The molecule has 25 heavy (non-hydrogen) atoms. The van der Waals surface area contributed by atoms with Crippen molar-refractivity contribution in [1.29, 1.82) is 0 Å². The van der Waals surface area contributed by atoms with Crippen LogP contribution in [0.2, 0.25) is 0 Å². The SMILES string of the molecule is CC(C)Oc1cc(-c2cncc(NCc3cccnc3)n2)ccc1O. The topological polar surface area (TPSA) is 80.2 Å². The molecule has 0 radical (unpaired) electrons. The van der Waals surface area contributed by atoms with E-state index < -0.39 is 0 Å². The van der Waals surface area contributed by atoms with Crippen LogP contribution in [-0.4, -0.2) is 26.2 Å². The van der Waals surface area contributed by atoms with Crippen LogP contribution in [-0.2, 0) is 6.54 Å². The number of aromatic nitrogens is 3. The van der Waals surface area contributed by atoms with E-state index in [1.165, 1.54) is 0 Å². The van der Waals surface area contributed by atoms with Crippen LogP contribution in [0.25, 0.3) is 11.3 Å². The van der Waals surface area contributed by atoms with Crippen molar-refractivity contribution in [1.82, 2.24) is 15.0 Å². The molecule has 6 nitrogen and oxygen atoms in total. The van der Waals surface area contributed by atoms with Crippen LogP contribution < -0.4 is 10.1 Å². The Morgan fingerprint density at radius 2 is 2.00 bits per heavy atom. The minimum atomic E-state index is -0.0280. The Balaban J connectivity index is 1.79. The maximum Gasteiger partial charge on any atom is 0.161 e. The van der Waals surface area contributed by atoms with Crippen molar-refractivity contribution >= 4 is 5.82 Å². The lowest BCUT2D eigenvalue weighted by Gasteiger charge is -2.13. The molecule has 0 fully saturated rings. The highest BCUT2D eigenvalue weighted by molar-refractivity contribution is 5.64. The normalized spacial score (nSPS) is 10.7. The molecule has 1 aromatic carbocycles. The zero-order chi connectivity index (χ0) is 17.6. The monoisotopic (exact) mass is 336 g/mol. The molecule has 2 N–H and O–H groups in total. The van der Waals surface area contributed by atoms with Crippen molar-refractivity contribution in [3.05, 3.63) is 60.7 Å². The summed E-state index contributed by atoms with van der Waals surface area (Å²) in [6.07, 6.45) is 6.87. The van der Waals surface area contributed by atoms with Gasteiger partial charge in [0.05, 0.1) is 24.2 Å². The number of rotatable bonds is 6. The number of benzene rings is 1. The van der Waals surface area contributed by atoms with Crippen LogP contribution in [0.3, 0.4) is 0 Å². The van der Waals surface area contributed by atoms with E-state index >= 15 is 0 Å². The highest BCUT2D eigenvalue weighted by Gasteiger charge is 2.09. The lowest BCUT2D eigenvalue weighted by atomic mass is 10.1. The summed E-state index contributed by atoms with van der Waals surface area (Å²) in [6, 6.07) is 9.05. The number of aromatic hydroxyl groups is 1. The molecule has 3 rings (SSSR count). The van der Waals surface area contributed by atoms with Crippen molar-refractivity contribution in [2.45, 2.75) is 26.5 Å². The summed E-state index contributed by atoms with van der Waals surface area (Å²) in [5.74, 6) is 1.21. The molecule has 0 saturated heterocycles. The zero-order valence-corrected chi connectivity index (χ0v) is 14.2. The Bertz CT molecular complexity index is 838. The summed E-state index contributed by atoms with van der Waals surface area (Å²) >= 11 is 0. The van der Waals surface area contributed by atoms with Crippen LogP contribution in [0, 0.1) is 0 Å². The molecule has 0 saturated carbocycles. The van der Waals surface area contributed by atoms with Gasteiger partial charge in [0.2, 0.25) is 0 Å². The van der Waals surface area contributed by atoms with Gasteiger partial charge in [-0.15, -0.1) is 0 Å². The summed E-state index contributed by atoms with van der Waals surface area (Å²) < 4.78 is 5.62. The number of hydrogen-bond acceptors (Lipinski definition) is 6. The van der Waals surface area contributed by atoms with E-state index in [1.807, 2.05) is 26.0 Å². The molecular formula is C19H20N4O2. The molecule has 0 unspecified atom stereocenters. The van der Waals surface area contributed by atoms with Gasteiger partial charge in [-0.05, 0) is 43.7 Å². The average Bonchev–Trinajstić information content (AvgIpc) is 2.62. The van der Waals surface area contributed by atoms with Crippen LogP contribution >= 0.6 is 0 Å². The third kappa shape index (κ3) is 4.44. The highest BCUT2D eigenvalue weighted by atomic mass is 16.5. The third-order valence-electron chi connectivity index (χ3n) is 3.45. The Hall–Kier alpha value is -3.15. The maximum atomic E-state index is 9.92. The summed E-state index contributed by atoms with van der Waals surface area (Å²) in [5, 5.41) is 13.2. The standard InChI is InChI=1S/C19H20N4O2/c1-13(2)25-18-8-15(5-6-17(18)24)16-11-21-12-19(23-16)22-10-14-4-3-7-20-9-14/h3-9,11-13,24H,10H2,1-2H3,(H,22,23). The molecule has 0 atom stereocenters. The van der Waals surface area contributed by atoms with Gasteiger partial charge in [-0.25, -0.2) is 4.98 Å². The van der Waals surface area contributed by atoms with Crippen LogP contribution in [0.1, 0.15) is 19.4 Å². The fraction of sp³-hybridized carbons (Fsp3) is 0.211. The quantitative estimate of drug-likeness (QED) is 0.715. The molecule has 128 valence electrons. The van der Waals surface area contributed by atoms with Crippen LogP contribution in [0.15, 0.2) is 55.1 Å². The smallest absolute Gasteiger partial charge is 0.161 e. The first kappa shape index (κ1) is 16.7. The third-order valence-corrected chi connectivity index (χ3v) is 3.45. The van der Waals surface area contributed by atoms with Crippen molar-refractivity contribution in [3.8, 4) is 22.8 Å². The molecule has 0 aliphatic carbocycles. The van der Waals surface area contributed by atoms with E-state index in [4.69, 9.17) is 4.74 Å². The number of hydrogen-bond donors (Lipinski definition) is 2. The number of nitrogens with zero attached hydrogens (tertiary/aromatic N) is 3. The first-order valence-corrected chi connectivity index (χ1v) is 8.06. The Morgan fingerprint density at radius 1 is 1.12 bits per heavy atom. The van der Waals surface area contributed by atoms with Gasteiger partial charge in [-0.1, -0.05) is 6.07 Å². The maximum absolute atomic E-state index is 9.92. The molecule has 0 aliphatic rings. The summed E-state index contributed by atoms with van der Waals surface area (Å²) in [5.41, 5.74) is 2.59. The van der Waals surface area contributed by atoms with Gasteiger partial charge in [-0.3, -0.25) is 9.97 Å². The fourth-order valence-electron chi connectivity index (χ4n) is 2.31. The zero-order valence-electron chi connectivity index (χ0n) is 14.2. The van der Waals surface area contributed by atoms with Crippen LogP contribution in [0.4, 0.5) is 5.82 Å². The number of anilines is 1. The molecule has 0 amide bonds. The van der Waals surface area contributed by atoms with Crippen molar-refractivity contribution in [2.24, 2.45) is 0 Å². The summed E-state index contributed by atoms with van der Waals surface area (Å²) in [4.78, 5) is 12.9. The van der Waals surface area contributed by atoms with Gasteiger partial charge < -0.3 is 15.2 Å². The summed E-state index contributed by atoms with van der Waals surface area (Å²) in [7, 11) is 0. The molecule has 6 heteroatoms. The van der Waals surface area contributed by atoms with Gasteiger partial charge in [0.1, 0.15) is 5.82 Å². The van der Waals surface area contributed by atoms with E-state index in [0.29, 0.717) is 23.8 Å². The average molecular weight is 336 g/mol. The predicted octanol–water partition coefficient (Wildman–Crippen LogP) is 3.64. The van der Waals surface area contributed by atoms with Gasteiger partial charge in [0, 0.05) is 24.5 Å². The minimum Gasteiger partial charge on any atom is -0.504 e. The van der Waals surface area contributed by atoms with Crippen molar-refractivity contribution in [3.63, 3.8) is 0 Å². The lowest BCUT2D eigenvalue weighted by Crippen LogP contribution is -2.06. The minimum absolute atomic E-state index is 0.0280. The summed E-state index contributed by atoms with van der Waals surface area (Å²) in [6.45, 7) is 4.44. The molecule has 3 aromatic rings. The van der Waals surface area contributed by atoms with E-state index in [0.717, 1.165) is 11.1 Å². The Morgan fingerprint density at radius 3 is 2.76 bits per heavy atom. The second-order valence-corrected chi connectivity index (χ2v) is 5.85. The second-order valence-electron chi connectivity index (χ2n) is 5.85. The van der Waals surface area contributed by atoms with Crippen molar-refractivity contribution in [2.75, 3.05) is 5.32 Å². The molecule has 0 spiro atoms. The highest BCUT2D eigenvalue weighted by Crippen LogP contribution is 2.31. The van der Waals surface area contributed by atoms with E-state index in [1.54, 1.807) is 43.0 Å². The number of pyridine rings is 1. The molecule has 2 heterocycles. The van der Waals surface area contributed by atoms with Gasteiger partial charge in [-0.2, -0.15) is 0 Å². The second kappa shape index (κ2) is 7.61. The lowest BCUT2D eigenvalue weighted by molar-refractivity contribution is 0.232. The largest absolute Gasteiger partial charge is 0.504 e.